The second-order valence-corrected chi connectivity index (χ2v) is 2.71. The molecule has 0 unspecified atom stereocenters. The van der Waals surface area contributed by atoms with Crippen LogP contribution in [-0.2, 0) is 0 Å². The van der Waals surface area contributed by atoms with Crippen LogP contribution in [0.5, 0.6) is 0 Å². The lowest BCUT2D eigenvalue weighted by Crippen LogP contribution is -2.29. The fourth-order valence-electron chi connectivity index (χ4n) is 1.30. The van der Waals surface area contributed by atoms with Gasteiger partial charge in [-0.3, -0.25) is 0 Å². The fraction of sp³-hybridized carbons (Fsp3) is 1.00. The van der Waals surface area contributed by atoms with Crippen molar-refractivity contribution in [2.45, 2.75) is 24.7 Å². The van der Waals surface area contributed by atoms with Crippen LogP contribution in [-0.4, -0.2) is 45.3 Å². The first-order chi connectivity index (χ1) is 4.66. The third-order valence-corrected chi connectivity index (χ3v) is 2.02. The zero-order chi connectivity index (χ0) is 7.72. The lowest BCUT2D eigenvalue weighted by Gasteiger charge is -2.14. The summed E-state index contributed by atoms with van der Waals surface area (Å²) >= 11 is 0. The molecule has 1 fully saturated rings. The number of hydrogen-bond acceptors (Lipinski definition) is 4. The molecule has 0 aliphatic heterocycles. The van der Waals surface area contributed by atoms with Gasteiger partial charge in [0.05, 0.1) is 24.9 Å². The molecule has 0 aromatic carbocycles. The molecule has 0 radical (unpaired) electrons. The van der Waals surface area contributed by atoms with Gasteiger partial charge in [0.2, 0.25) is 0 Å². The Bertz CT molecular complexity index is 116. The Morgan fingerprint density at radius 2 is 1.70 bits per heavy atom. The van der Waals surface area contributed by atoms with E-state index >= 15 is 0 Å². The molecule has 0 amide bonds. The Morgan fingerprint density at radius 1 is 1.10 bits per heavy atom. The largest absolute Gasteiger partial charge is 0.396 e. The van der Waals surface area contributed by atoms with Gasteiger partial charge in [-0.25, -0.2) is 0 Å². The quantitative estimate of drug-likeness (QED) is 0.349. The van der Waals surface area contributed by atoms with E-state index in [1.807, 2.05) is 0 Å². The number of aliphatic hydroxyl groups is 4. The van der Waals surface area contributed by atoms with Crippen LogP contribution in [0.4, 0.5) is 0 Å². The summed E-state index contributed by atoms with van der Waals surface area (Å²) in [5.41, 5.74) is 0. The van der Waals surface area contributed by atoms with E-state index in [0.717, 1.165) is 0 Å². The lowest BCUT2D eigenvalue weighted by molar-refractivity contribution is -0.00584. The van der Waals surface area contributed by atoms with Gasteiger partial charge in [-0.15, -0.1) is 0 Å². The van der Waals surface area contributed by atoms with Crippen LogP contribution in [0.25, 0.3) is 0 Å². The Balaban J connectivity index is 2.55. The van der Waals surface area contributed by atoms with Gasteiger partial charge in [0.25, 0.3) is 0 Å². The van der Waals surface area contributed by atoms with Crippen molar-refractivity contribution in [2.75, 3.05) is 6.61 Å². The predicted molar refractivity (Wildman–Crippen MR) is 33.2 cm³/mol. The summed E-state index contributed by atoms with van der Waals surface area (Å²) in [6, 6.07) is 0. The van der Waals surface area contributed by atoms with Crippen molar-refractivity contribution in [3.05, 3.63) is 0 Å². The first-order valence-corrected chi connectivity index (χ1v) is 3.32. The lowest BCUT2D eigenvalue weighted by atomic mass is 10.1. The SMILES string of the molecule is OC[C@H]1[C@H](O)[C@H](O)C[C@H]1O. The van der Waals surface area contributed by atoms with Crippen LogP contribution in [0, 0.1) is 5.92 Å². The highest BCUT2D eigenvalue weighted by Gasteiger charge is 2.39. The molecule has 4 atom stereocenters. The van der Waals surface area contributed by atoms with Crippen molar-refractivity contribution < 1.29 is 20.4 Å². The zero-order valence-electron chi connectivity index (χ0n) is 5.51. The molecular weight excluding hydrogens is 136 g/mol. The maximum Gasteiger partial charge on any atom is 0.0874 e. The highest BCUT2D eigenvalue weighted by Crippen LogP contribution is 2.25. The molecule has 1 aliphatic carbocycles. The molecule has 0 aromatic rings. The van der Waals surface area contributed by atoms with Crippen LogP contribution in [0.3, 0.4) is 0 Å². The van der Waals surface area contributed by atoms with Gasteiger partial charge in [0.15, 0.2) is 0 Å². The normalized spacial score (nSPS) is 48.0. The molecule has 4 heteroatoms. The van der Waals surface area contributed by atoms with Gasteiger partial charge in [-0.05, 0) is 0 Å². The van der Waals surface area contributed by atoms with Crippen LogP contribution in [0.15, 0.2) is 0 Å². The zero-order valence-corrected chi connectivity index (χ0v) is 5.51. The molecule has 4 nitrogen and oxygen atoms in total. The number of hydrogen-bond donors (Lipinski definition) is 4. The summed E-state index contributed by atoms with van der Waals surface area (Å²) in [5, 5.41) is 35.6. The van der Waals surface area contributed by atoms with Crippen molar-refractivity contribution >= 4 is 0 Å². The molecule has 1 rings (SSSR count). The van der Waals surface area contributed by atoms with E-state index in [-0.39, 0.29) is 13.0 Å². The third kappa shape index (κ3) is 1.15. The molecule has 1 saturated carbocycles. The predicted octanol–water partition coefficient (Wildman–Crippen LogP) is -1.92. The van der Waals surface area contributed by atoms with E-state index in [1.165, 1.54) is 0 Å². The summed E-state index contributed by atoms with van der Waals surface area (Å²) in [6.45, 7) is -0.278. The molecule has 60 valence electrons. The van der Waals surface area contributed by atoms with Gasteiger partial charge in [-0.1, -0.05) is 0 Å². The smallest absolute Gasteiger partial charge is 0.0874 e. The minimum atomic E-state index is -0.972. The third-order valence-electron chi connectivity index (χ3n) is 2.02. The Kier molecular flexibility index (Phi) is 2.25. The van der Waals surface area contributed by atoms with Crippen LogP contribution in [0.1, 0.15) is 6.42 Å². The minimum Gasteiger partial charge on any atom is -0.396 e. The van der Waals surface area contributed by atoms with Crippen molar-refractivity contribution in [2.24, 2.45) is 5.92 Å². The minimum absolute atomic E-state index is 0.159. The number of aliphatic hydroxyl groups excluding tert-OH is 4. The van der Waals surface area contributed by atoms with Crippen LogP contribution in [0.2, 0.25) is 0 Å². The van der Waals surface area contributed by atoms with E-state index < -0.39 is 24.2 Å². The Hall–Kier alpha value is -0.160. The van der Waals surface area contributed by atoms with Crippen molar-refractivity contribution in [3.63, 3.8) is 0 Å². The van der Waals surface area contributed by atoms with Crippen molar-refractivity contribution in [1.82, 2.24) is 0 Å². The summed E-state index contributed by atoms with van der Waals surface area (Å²) in [4.78, 5) is 0. The Labute approximate surface area is 58.7 Å². The van der Waals surface area contributed by atoms with E-state index in [1.54, 1.807) is 0 Å². The molecular formula is C6H12O4. The summed E-state index contributed by atoms with van der Waals surface area (Å²) < 4.78 is 0. The Morgan fingerprint density at radius 3 is 1.90 bits per heavy atom. The van der Waals surface area contributed by atoms with Gasteiger partial charge in [0.1, 0.15) is 0 Å². The fourth-order valence-corrected chi connectivity index (χ4v) is 1.30. The monoisotopic (exact) mass is 148 g/mol. The summed E-state index contributed by atoms with van der Waals surface area (Å²) in [6.07, 6.45) is -2.46. The van der Waals surface area contributed by atoms with E-state index in [2.05, 4.69) is 0 Å². The number of rotatable bonds is 1. The second-order valence-electron chi connectivity index (χ2n) is 2.71. The maximum absolute atomic E-state index is 9.06. The highest BCUT2D eigenvalue weighted by atomic mass is 16.3. The molecule has 4 N–H and O–H groups in total. The highest BCUT2D eigenvalue weighted by molar-refractivity contribution is 4.90. The first-order valence-electron chi connectivity index (χ1n) is 3.32. The van der Waals surface area contributed by atoms with Gasteiger partial charge >= 0.3 is 0 Å². The molecule has 0 heterocycles. The van der Waals surface area contributed by atoms with E-state index in [0.29, 0.717) is 0 Å². The van der Waals surface area contributed by atoms with Gasteiger partial charge in [-0.2, -0.15) is 0 Å². The topological polar surface area (TPSA) is 80.9 Å². The molecule has 0 saturated heterocycles. The first kappa shape index (κ1) is 7.94. The van der Waals surface area contributed by atoms with E-state index in [4.69, 9.17) is 20.4 Å². The molecule has 0 aromatic heterocycles. The molecule has 1 aliphatic rings. The maximum atomic E-state index is 9.06. The van der Waals surface area contributed by atoms with Crippen molar-refractivity contribution in [1.29, 1.82) is 0 Å². The van der Waals surface area contributed by atoms with Crippen molar-refractivity contribution in [3.8, 4) is 0 Å². The molecule has 10 heavy (non-hydrogen) atoms. The average Bonchev–Trinajstić information content (AvgIpc) is 2.09. The van der Waals surface area contributed by atoms with Crippen LogP contribution >= 0.6 is 0 Å². The van der Waals surface area contributed by atoms with Crippen LogP contribution < -0.4 is 0 Å². The van der Waals surface area contributed by atoms with E-state index in [9.17, 15) is 0 Å². The molecule has 0 spiro atoms. The average molecular weight is 148 g/mol. The second kappa shape index (κ2) is 2.84. The molecule has 0 bridgehead atoms. The summed E-state index contributed by atoms with van der Waals surface area (Å²) in [5.74, 6) is -0.574. The summed E-state index contributed by atoms with van der Waals surface area (Å²) in [7, 11) is 0. The standard InChI is InChI=1S/C6H12O4/c7-2-3-4(8)1-5(9)6(3)10/h3-10H,1-2H2/t3-,4-,5-,6+/m1/s1. The van der Waals surface area contributed by atoms with Gasteiger partial charge < -0.3 is 20.4 Å². The van der Waals surface area contributed by atoms with Gasteiger partial charge in [0, 0.05) is 12.3 Å².